The van der Waals surface area contributed by atoms with Gasteiger partial charge in [0.25, 0.3) is 0 Å². The summed E-state index contributed by atoms with van der Waals surface area (Å²) < 4.78 is 1.69. The first-order valence-electron chi connectivity index (χ1n) is 7.31. The molecule has 0 aliphatic carbocycles. The SMILES string of the molecule is O=C([C@@H]1CSC(c2cccnc2)N1)n1ccc2c(Cl)cccc21. The van der Waals surface area contributed by atoms with E-state index in [0.29, 0.717) is 5.02 Å². The molecule has 1 unspecified atom stereocenters. The van der Waals surface area contributed by atoms with Crippen LogP contribution in [0.2, 0.25) is 5.02 Å². The molecular formula is C17H14ClN3OS. The molecule has 0 amide bonds. The van der Waals surface area contributed by atoms with Gasteiger partial charge in [0.05, 0.1) is 16.9 Å². The third-order valence-corrected chi connectivity index (χ3v) is 5.58. The van der Waals surface area contributed by atoms with Gasteiger partial charge in [0, 0.05) is 34.8 Å². The average Bonchev–Trinajstić information content (AvgIpc) is 3.23. The van der Waals surface area contributed by atoms with Crippen LogP contribution in [0.25, 0.3) is 10.9 Å². The molecule has 0 bridgehead atoms. The number of carbonyl (C=O) groups excluding carboxylic acids is 1. The molecule has 1 saturated heterocycles. The van der Waals surface area contributed by atoms with Gasteiger partial charge in [-0.15, -0.1) is 11.8 Å². The van der Waals surface area contributed by atoms with Gasteiger partial charge >= 0.3 is 0 Å². The maximum Gasteiger partial charge on any atom is 0.249 e. The number of thioether (sulfide) groups is 1. The highest BCUT2D eigenvalue weighted by Crippen LogP contribution is 2.33. The van der Waals surface area contributed by atoms with Crippen LogP contribution in [0.3, 0.4) is 0 Å². The quantitative estimate of drug-likeness (QED) is 0.770. The van der Waals surface area contributed by atoms with Crippen LogP contribution in [-0.2, 0) is 0 Å². The molecule has 3 aromatic rings. The number of nitrogens with one attached hydrogen (secondary N) is 1. The minimum absolute atomic E-state index is 0.0427. The van der Waals surface area contributed by atoms with Crippen molar-refractivity contribution in [2.24, 2.45) is 0 Å². The van der Waals surface area contributed by atoms with Crippen molar-refractivity contribution in [2.45, 2.75) is 11.4 Å². The van der Waals surface area contributed by atoms with Crippen LogP contribution < -0.4 is 5.32 Å². The molecule has 2 aromatic heterocycles. The molecule has 4 nitrogen and oxygen atoms in total. The van der Waals surface area contributed by atoms with E-state index in [1.54, 1.807) is 28.7 Å². The number of rotatable bonds is 2. The Labute approximate surface area is 142 Å². The second kappa shape index (κ2) is 6.00. The second-order valence-corrected chi connectivity index (χ2v) is 6.96. The number of benzene rings is 1. The van der Waals surface area contributed by atoms with Crippen molar-refractivity contribution in [3.05, 3.63) is 65.6 Å². The summed E-state index contributed by atoms with van der Waals surface area (Å²) >= 11 is 7.91. The molecular weight excluding hydrogens is 330 g/mol. The second-order valence-electron chi connectivity index (χ2n) is 5.42. The maximum absolute atomic E-state index is 12.8. The van der Waals surface area contributed by atoms with Gasteiger partial charge in [-0.1, -0.05) is 23.7 Å². The normalized spacial score (nSPS) is 20.9. The number of nitrogens with zero attached hydrogens (tertiary/aromatic N) is 2. The number of hydrogen-bond acceptors (Lipinski definition) is 4. The molecule has 1 N–H and O–H groups in total. The Morgan fingerprint density at radius 2 is 2.22 bits per heavy atom. The summed E-state index contributed by atoms with van der Waals surface area (Å²) in [6.07, 6.45) is 5.38. The molecule has 1 aliphatic rings. The van der Waals surface area contributed by atoms with Gasteiger partial charge < -0.3 is 0 Å². The Morgan fingerprint density at radius 3 is 3.04 bits per heavy atom. The fourth-order valence-corrected chi connectivity index (χ4v) is 4.28. The van der Waals surface area contributed by atoms with Crippen LogP contribution in [0.1, 0.15) is 15.7 Å². The molecule has 23 heavy (non-hydrogen) atoms. The third kappa shape index (κ3) is 2.65. The fourth-order valence-electron chi connectivity index (χ4n) is 2.83. The zero-order valence-corrected chi connectivity index (χ0v) is 13.7. The van der Waals surface area contributed by atoms with Crippen molar-refractivity contribution in [1.82, 2.24) is 14.9 Å². The maximum atomic E-state index is 12.8. The lowest BCUT2D eigenvalue weighted by molar-refractivity contribution is 0.0879. The highest BCUT2D eigenvalue weighted by atomic mass is 35.5. The number of carbonyl (C=O) groups is 1. The molecule has 1 aromatic carbocycles. The van der Waals surface area contributed by atoms with Crippen LogP contribution in [0, 0.1) is 0 Å². The van der Waals surface area contributed by atoms with E-state index in [-0.39, 0.29) is 17.3 Å². The summed E-state index contributed by atoms with van der Waals surface area (Å²) in [6, 6.07) is 11.2. The first-order valence-corrected chi connectivity index (χ1v) is 8.74. The predicted octanol–water partition coefficient (Wildman–Crippen LogP) is 3.73. The van der Waals surface area contributed by atoms with Gasteiger partial charge in [0.1, 0.15) is 0 Å². The van der Waals surface area contributed by atoms with Gasteiger partial charge in [-0.2, -0.15) is 0 Å². The summed E-state index contributed by atoms with van der Waals surface area (Å²) in [5, 5.41) is 5.06. The Morgan fingerprint density at radius 1 is 1.30 bits per heavy atom. The zero-order chi connectivity index (χ0) is 15.8. The molecule has 116 valence electrons. The Balaban J connectivity index is 1.59. The van der Waals surface area contributed by atoms with Crippen LogP contribution in [-0.4, -0.2) is 27.3 Å². The Kier molecular flexibility index (Phi) is 3.85. The molecule has 3 heterocycles. The molecule has 4 rings (SSSR count). The molecule has 1 aliphatic heterocycles. The number of fused-ring (bicyclic) bond motifs is 1. The smallest absolute Gasteiger partial charge is 0.249 e. The summed E-state index contributed by atoms with van der Waals surface area (Å²) in [6.45, 7) is 0. The van der Waals surface area contributed by atoms with E-state index in [9.17, 15) is 4.79 Å². The van der Waals surface area contributed by atoms with Crippen molar-refractivity contribution >= 4 is 40.2 Å². The van der Waals surface area contributed by atoms with E-state index in [2.05, 4.69) is 10.3 Å². The minimum atomic E-state index is -0.222. The first-order chi connectivity index (χ1) is 11.2. The molecule has 0 radical (unpaired) electrons. The first kappa shape index (κ1) is 14.8. The Bertz CT molecular complexity index is 865. The van der Waals surface area contributed by atoms with E-state index >= 15 is 0 Å². The van der Waals surface area contributed by atoms with Gasteiger partial charge in [-0.05, 0) is 29.8 Å². The summed E-state index contributed by atoms with van der Waals surface area (Å²) in [5.41, 5.74) is 1.94. The van der Waals surface area contributed by atoms with Crippen molar-refractivity contribution in [3.8, 4) is 0 Å². The van der Waals surface area contributed by atoms with Gasteiger partial charge in [0.2, 0.25) is 5.91 Å². The van der Waals surface area contributed by atoms with Crippen molar-refractivity contribution in [3.63, 3.8) is 0 Å². The largest absolute Gasteiger partial charge is 0.290 e. The van der Waals surface area contributed by atoms with Crippen LogP contribution >= 0.6 is 23.4 Å². The lowest BCUT2D eigenvalue weighted by atomic mass is 10.2. The van der Waals surface area contributed by atoms with E-state index in [4.69, 9.17) is 11.6 Å². The highest BCUT2D eigenvalue weighted by molar-refractivity contribution is 7.99. The molecule has 1 fully saturated rings. The average molecular weight is 344 g/mol. The predicted molar refractivity (Wildman–Crippen MR) is 93.9 cm³/mol. The zero-order valence-electron chi connectivity index (χ0n) is 12.1. The molecule has 6 heteroatoms. The minimum Gasteiger partial charge on any atom is -0.290 e. The molecule has 0 spiro atoms. The third-order valence-electron chi connectivity index (χ3n) is 3.98. The van der Waals surface area contributed by atoms with Gasteiger partial charge in [-0.3, -0.25) is 19.7 Å². The summed E-state index contributed by atoms with van der Waals surface area (Å²) in [5.74, 6) is 0.777. The molecule has 0 saturated carbocycles. The van der Waals surface area contributed by atoms with Crippen molar-refractivity contribution in [2.75, 3.05) is 5.75 Å². The van der Waals surface area contributed by atoms with Crippen LogP contribution in [0.5, 0.6) is 0 Å². The van der Waals surface area contributed by atoms with Crippen molar-refractivity contribution < 1.29 is 4.79 Å². The van der Waals surface area contributed by atoms with Crippen LogP contribution in [0.15, 0.2) is 55.0 Å². The number of hydrogen-bond donors (Lipinski definition) is 1. The Hall–Kier alpha value is -1.82. The fraction of sp³-hybridized carbons (Fsp3) is 0.176. The summed E-state index contributed by atoms with van der Waals surface area (Å²) in [7, 11) is 0. The molecule has 2 atom stereocenters. The van der Waals surface area contributed by atoms with E-state index in [0.717, 1.165) is 22.2 Å². The lowest BCUT2D eigenvalue weighted by Gasteiger charge is -2.13. The number of aromatic nitrogens is 2. The number of pyridine rings is 1. The van der Waals surface area contributed by atoms with Gasteiger partial charge in [-0.25, -0.2) is 0 Å². The topological polar surface area (TPSA) is 46.9 Å². The summed E-state index contributed by atoms with van der Waals surface area (Å²) in [4.78, 5) is 17.0. The van der Waals surface area contributed by atoms with E-state index in [1.165, 1.54) is 0 Å². The highest BCUT2D eigenvalue weighted by Gasteiger charge is 2.31. The van der Waals surface area contributed by atoms with Gasteiger partial charge in [0.15, 0.2) is 0 Å². The number of halogens is 1. The van der Waals surface area contributed by atoms with E-state index in [1.807, 2.05) is 42.6 Å². The van der Waals surface area contributed by atoms with E-state index < -0.39 is 0 Å². The monoisotopic (exact) mass is 343 g/mol. The van der Waals surface area contributed by atoms with Crippen LogP contribution in [0.4, 0.5) is 0 Å². The lowest BCUT2D eigenvalue weighted by Crippen LogP contribution is -2.37. The van der Waals surface area contributed by atoms with Crippen molar-refractivity contribution in [1.29, 1.82) is 0 Å². The standard InChI is InChI=1S/C17H14ClN3OS/c18-13-4-1-5-15-12(13)6-8-21(15)17(22)14-10-23-16(20-14)11-3-2-7-19-9-11/h1-9,14,16,20H,10H2/t14-,16?/m0/s1.